The molecule has 0 amide bonds. The molecule has 0 unspecified atom stereocenters. The van der Waals surface area contributed by atoms with E-state index in [1.54, 1.807) is 24.2 Å². The summed E-state index contributed by atoms with van der Waals surface area (Å²) in [4.78, 5) is 4.10. The van der Waals surface area contributed by atoms with E-state index in [-0.39, 0.29) is 0 Å². The van der Waals surface area contributed by atoms with Crippen LogP contribution in [-0.2, 0) is 5.75 Å². The van der Waals surface area contributed by atoms with Crippen LogP contribution < -0.4 is 0 Å². The van der Waals surface area contributed by atoms with Gasteiger partial charge in [0, 0.05) is 28.7 Å². The molecule has 0 fully saturated rings. The Hall–Kier alpha value is -2.63. The summed E-state index contributed by atoms with van der Waals surface area (Å²) in [6.45, 7) is 1.99. The van der Waals surface area contributed by atoms with Crippen LogP contribution in [0.4, 0.5) is 0 Å². The number of aromatic nitrogens is 4. The average Bonchev–Trinajstić information content (AvgIpc) is 3.14. The van der Waals surface area contributed by atoms with Crippen LogP contribution in [-0.4, -0.2) is 19.7 Å². The zero-order chi connectivity index (χ0) is 18.6. The van der Waals surface area contributed by atoms with Gasteiger partial charge in [0.2, 0.25) is 0 Å². The third-order valence-corrected chi connectivity index (χ3v) is 5.60. The monoisotopic (exact) mass is 392 g/mol. The van der Waals surface area contributed by atoms with Crippen LogP contribution in [0.25, 0.3) is 17.1 Å². The third kappa shape index (κ3) is 3.89. The molecule has 0 saturated carbocycles. The van der Waals surface area contributed by atoms with Gasteiger partial charge in [0.05, 0.1) is 5.69 Å². The number of benzene rings is 2. The second-order valence-corrected chi connectivity index (χ2v) is 7.43. The number of pyridine rings is 1. The molecule has 27 heavy (non-hydrogen) atoms. The number of nitrogens with zero attached hydrogens (tertiary/aromatic N) is 4. The lowest BCUT2D eigenvalue weighted by molar-refractivity contribution is 0.885. The van der Waals surface area contributed by atoms with Crippen LogP contribution in [0.15, 0.2) is 78.2 Å². The van der Waals surface area contributed by atoms with Crippen molar-refractivity contribution in [2.45, 2.75) is 17.8 Å². The molecule has 0 aliphatic carbocycles. The number of hydrogen-bond acceptors (Lipinski definition) is 4. The summed E-state index contributed by atoms with van der Waals surface area (Å²) in [7, 11) is 0. The normalized spacial score (nSPS) is 10.9. The summed E-state index contributed by atoms with van der Waals surface area (Å²) in [5.41, 5.74) is 4.18. The Labute approximate surface area is 167 Å². The average molecular weight is 393 g/mol. The maximum absolute atomic E-state index is 6.38. The number of thioether (sulfide) groups is 1. The van der Waals surface area contributed by atoms with E-state index in [1.807, 2.05) is 60.0 Å². The van der Waals surface area contributed by atoms with E-state index in [4.69, 9.17) is 11.6 Å². The molecule has 2 aromatic carbocycles. The molecule has 4 rings (SSSR count). The molecular weight excluding hydrogens is 376 g/mol. The molecule has 0 bridgehead atoms. The van der Waals surface area contributed by atoms with E-state index in [2.05, 4.69) is 27.3 Å². The van der Waals surface area contributed by atoms with Gasteiger partial charge in [-0.15, -0.1) is 10.2 Å². The van der Waals surface area contributed by atoms with Crippen molar-refractivity contribution >= 4 is 23.4 Å². The molecule has 2 aromatic heterocycles. The summed E-state index contributed by atoms with van der Waals surface area (Å²) in [5, 5.41) is 10.4. The Morgan fingerprint density at radius 3 is 2.48 bits per heavy atom. The van der Waals surface area contributed by atoms with Gasteiger partial charge in [-0.1, -0.05) is 59.8 Å². The van der Waals surface area contributed by atoms with Crippen LogP contribution in [0, 0.1) is 6.92 Å². The van der Waals surface area contributed by atoms with Crippen molar-refractivity contribution in [2.24, 2.45) is 0 Å². The molecule has 0 atom stereocenters. The molecule has 4 nitrogen and oxygen atoms in total. The maximum atomic E-state index is 6.38. The quantitative estimate of drug-likeness (QED) is 0.415. The van der Waals surface area contributed by atoms with E-state index >= 15 is 0 Å². The van der Waals surface area contributed by atoms with Gasteiger partial charge < -0.3 is 0 Å². The zero-order valence-corrected chi connectivity index (χ0v) is 16.3. The number of hydrogen-bond donors (Lipinski definition) is 0. The molecule has 134 valence electrons. The predicted octanol–water partition coefficient (Wildman–Crippen LogP) is 5.58. The number of rotatable bonds is 5. The third-order valence-electron chi connectivity index (χ3n) is 4.20. The minimum Gasteiger partial charge on any atom is -0.270 e. The number of halogens is 1. The van der Waals surface area contributed by atoms with Crippen LogP contribution in [0.5, 0.6) is 0 Å². The topological polar surface area (TPSA) is 43.6 Å². The van der Waals surface area contributed by atoms with Crippen LogP contribution in [0.3, 0.4) is 0 Å². The highest BCUT2D eigenvalue weighted by Crippen LogP contribution is 2.31. The van der Waals surface area contributed by atoms with E-state index in [0.29, 0.717) is 0 Å². The van der Waals surface area contributed by atoms with Crippen molar-refractivity contribution in [1.82, 2.24) is 19.7 Å². The minimum atomic E-state index is 0.723. The van der Waals surface area contributed by atoms with Gasteiger partial charge in [-0.05, 0) is 42.3 Å². The smallest absolute Gasteiger partial charge is 0.196 e. The summed E-state index contributed by atoms with van der Waals surface area (Å²) >= 11 is 8.03. The Bertz CT molecular complexity index is 1050. The summed E-state index contributed by atoms with van der Waals surface area (Å²) < 4.78 is 2.05. The molecule has 0 spiro atoms. The fourth-order valence-electron chi connectivity index (χ4n) is 2.73. The molecule has 0 aliphatic heterocycles. The van der Waals surface area contributed by atoms with Crippen LogP contribution >= 0.6 is 23.4 Å². The van der Waals surface area contributed by atoms with Gasteiger partial charge in [-0.25, -0.2) is 0 Å². The van der Waals surface area contributed by atoms with Gasteiger partial charge >= 0.3 is 0 Å². The van der Waals surface area contributed by atoms with Crippen LogP contribution in [0.2, 0.25) is 5.02 Å². The van der Waals surface area contributed by atoms with Crippen molar-refractivity contribution in [3.63, 3.8) is 0 Å². The second-order valence-electron chi connectivity index (χ2n) is 6.09. The highest BCUT2D eigenvalue weighted by molar-refractivity contribution is 7.98. The molecule has 0 saturated heterocycles. The first-order valence-corrected chi connectivity index (χ1v) is 9.88. The van der Waals surface area contributed by atoms with Gasteiger partial charge in [0.1, 0.15) is 0 Å². The van der Waals surface area contributed by atoms with Gasteiger partial charge in [-0.2, -0.15) is 0 Å². The molecule has 2 heterocycles. The first-order valence-electron chi connectivity index (χ1n) is 8.51. The highest BCUT2D eigenvalue weighted by Gasteiger charge is 2.17. The summed E-state index contributed by atoms with van der Waals surface area (Å²) in [6, 6.07) is 20.2. The van der Waals surface area contributed by atoms with Gasteiger partial charge in [-0.3, -0.25) is 9.55 Å². The summed E-state index contributed by atoms with van der Waals surface area (Å²) in [5.74, 6) is 1.59. The largest absolute Gasteiger partial charge is 0.270 e. The lowest BCUT2D eigenvalue weighted by Crippen LogP contribution is -2.00. The zero-order valence-electron chi connectivity index (χ0n) is 14.7. The van der Waals surface area contributed by atoms with Crippen molar-refractivity contribution in [3.8, 4) is 17.1 Å². The molecule has 4 aromatic rings. The van der Waals surface area contributed by atoms with E-state index in [9.17, 15) is 0 Å². The molecule has 0 aliphatic rings. The standard InChI is InChI=1S/C21H17ClN4S/c1-15-7-8-18(13-19(15)22)26-20(17-9-11-23-12-10-17)24-25-21(26)27-14-16-5-3-2-4-6-16/h2-13H,14H2,1H3. The Balaban J connectivity index is 1.77. The first kappa shape index (κ1) is 17.8. The van der Waals surface area contributed by atoms with Gasteiger partial charge in [0.15, 0.2) is 11.0 Å². The fourth-order valence-corrected chi connectivity index (χ4v) is 3.81. The summed E-state index contributed by atoms with van der Waals surface area (Å²) in [6.07, 6.45) is 3.51. The van der Waals surface area contributed by atoms with Crippen molar-refractivity contribution in [2.75, 3.05) is 0 Å². The maximum Gasteiger partial charge on any atom is 0.196 e. The van der Waals surface area contributed by atoms with E-state index in [1.165, 1.54) is 5.56 Å². The molecular formula is C21H17ClN4S. The SMILES string of the molecule is Cc1ccc(-n2c(SCc3ccccc3)nnc2-c2ccncc2)cc1Cl. The highest BCUT2D eigenvalue weighted by atomic mass is 35.5. The Kier molecular flexibility index (Phi) is 5.23. The minimum absolute atomic E-state index is 0.723. The Morgan fingerprint density at radius 1 is 0.963 bits per heavy atom. The van der Waals surface area contributed by atoms with Gasteiger partial charge in [0.25, 0.3) is 0 Å². The van der Waals surface area contributed by atoms with Crippen molar-refractivity contribution in [1.29, 1.82) is 0 Å². The van der Waals surface area contributed by atoms with E-state index < -0.39 is 0 Å². The molecule has 0 N–H and O–H groups in total. The first-order chi connectivity index (χ1) is 13.2. The number of aryl methyl sites for hydroxylation is 1. The Morgan fingerprint density at radius 2 is 1.74 bits per heavy atom. The van der Waals surface area contributed by atoms with Crippen molar-refractivity contribution < 1.29 is 0 Å². The van der Waals surface area contributed by atoms with Crippen molar-refractivity contribution in [3.05, 3.63) is 89.2 Å². The predicted molar refractivity (Wildman–Crippen MR) is 110 cm³/mol. The molecule has 0 radical (unpaired) electrons. The fraction of sp³-hybridized carbons (Fsp3) is 0.0952. The lowest BCUT2D eigenvalue weighted by atomic mass is 10.2. The lowest BCUT2D eigenvalue weighted by Gasteiger charge is -2.11. The second kappa shape index (κ2) is 7.94. The van der Waals surface area contributed by atoms with E-state index in [0.717, 1.165) is 38.6 Å². The molecule has 6 heteroatoms. The van der Waals surface area contributed by atoms with Crippen LogP contribution in [0.1, 0.15) is 11.1 Å².